The lowest BCUT2D eigenvalue weighted by atomic mass is 9.96. The van der Waals surface area contributed by atoms with Crippen LogP contribution in [0.25, 0.3) is 11.1 Å². The summed E-state index contributed by atoms with van der Waals surface area (Å²) in [4.78, 5) is 16.2. The number of ether oxygens (including phenoxy) is 2. The SMILES string of the molecule is COC(=O)c1cccc(C2=C(c3cc(C(F)(F)F)ccc3OCc3c(F)cc(F)cc3F)CCC2)n1. The standard InChI is InChI=1S/C26H19F6NO3/c1-35-25(34)23-7-3-6-22(33-23)17-5-2-4-16(17)18-10-14(26(30,31)32)8-9-24(18)36-13-19-20(28)11-15(27)12-21(19)29/h3,6-12H,2,4-5,13H2,1H3. The number of aromatic nitrogens is 1. The molecule has 36 heavy (non-hydrogen) atoms. The molecule has 1 aliphatic carbocycles. The molecular weight excluding hydrogens is 488 g/mol. The van der Waals surface area contributed by atoms with Crippen LogP contribution in [0.2, 0.25) is 0 Å². The number of hydrogen-bond donors (Lipinski definition) is 0. The Morgan fingerprint density at radius 1 is 0.972 bits per heavy atom. The number of halogens is 6. The van der Waals surface area contributed by atoms with Gasteiger partial charge in [0.1, 0.15) is 35.5 Å². The van der Waals surface area contributed by atoms with Crippen molar-refractivity contribution in [3.8, 4) is 5.75 Å². The normalized spacial score (nSPS) is 13.8. The molecule has 0 spiro atoms. The molecule has 0 saturated heterocycles. The number of alkyl halides is 3. The maximum atomic E-state index is 14.1. The summed E-state index contributed by atoms with van der Waals surface area (Å²) in [6.45, 7) is -0.672. The maximum absolute atomic E-state index is 14.1. The number of carbonyl (C=O) groups is 1. The van der Waals surface area contributed by atoms with E-state index < -0.39 is 47.3 Å². The zero-order chi connectivity index (χ0) is 26.0. The van der Waals surface area contributed by atoms with E-state index >= 15 is 0 Å². The van der Waals surface area contributed by atoms with E-state index in [1.54, 1.807) is 12.1 Å². The summed E-state index contributed by atoms with van der Waals surface area (Å²) in [6.07, 6.45) is -3.18. The third-order valence-electron chi connectivity index (χ3n) is 5.78. The first kappa shape index (κ1) is 25.3. The summed E-state index contributed by atoms with van der Waals surface area (Å²) in [5.74, 6) is -4.16. The van der Waals surface area contributed by atoms with E-state index in [0.717, 1.165) is 18.2 Å². The van der Waals surface area contributed by atoms with Crippen LogP contribution in [0.1, 0.15) is 52.1 Å². The van der Waals surface area contributed by atoms with Crippen molar-refractivity contribution in [2.45, 2.75) is 32.0 Å². The van der Waals surface area contributed by atoms with Gasteiger partial charge in [0, 0.05) is 17.7 Å². The first-order valence-corrected chi connectivity index (χ1v) is 10.8. The van der Waals surface area contributed by atoms with Crippen LogP contribution in [-0.2, 0) is 17.5 Å². The van der Waals surface area contributed by atoms with E-state index in [0.29, 0.717) is 48.2 Å². The maximum Gasteiger partial charge on any atom is 0.416 e. The van der Waals surface area contributed by atoms with E-state index in [9.17, 15) is 31.1 Å². The first-order chi connectivity index (χ1) is 17.1. The average Bonchev–Trinajstić information content (AvgIpc) is 3.32. The van der Waals surface area contributed by atoms with Gasteiger partial charge >= 0.3 is 12.1 Å². The van der Waals surface area contributed by atoms with Gasteiger partial charge in [0.25, 0.3) is 0 Å². The molecule has 4 rings (SSSR count). The molecule has 0 bridgehead atoms. The van der Waals surface area contributed by atoms with E-state index in [-0.39, 0.29) is 17.0 Å². The minimum atomic E-state index is -4.65. The van der Waals surface area contributed by atoms with Gasteiger partial charge in [0.2, 0.25) is 0 Å². The molecule has 10 heteroatoms. The van der Waals surface area contributed by atoms with Crippen LogP contribution in [-0.4, -0.2) is 18.1 Å². The molecule has 0 saturated carbocycles. The van der Waals surface area contributed by atoms with Crippen molar-refractivity contribution in [1.82, 2.24) is 4.98 Å². The first-order valence-electron chi connectivity index (χ1n) is 10.8. The number of nitrogens with zero attached hydrogens (tertiary/aromatic N) is 1. The predicted octanol–water partition coefficient (Wildman–Crippen LogP) is 6.98. The molecule has 0 atom stereocenters. The molecule has 0 unspecified atom stereocenters. The molecule has 1 aromatic heterocycles. The fraction of sp³-hybridized carbons (Fsp3) is 0.231. The third kappa shape index (κ3) is 5.22. The lowest BCUT2D eigenvalue weighted by Gasteiger charge is -2.17. The number of rotatable bonds is 6. The zero-order valence-corrected chi connectivity index (χ0v) is 18.9. The van der Waals surface area contributed by atoms with Crippen molar-refractivity contribution in [2.75, 3.05) is 7.11 Å². The number of methoxy groups -OCH3 is 1. The molecular formula is C26H19F6NO3. The number of hydrogen-bond acceptors (Lipinski definition) is 4. The van der Waals surface area contributed by atoms with Crippen LogP contribution in [0.3, 0.4) is 0 Å². The Labute approximate surface area is 202 Å². The zero-order valence-electron chi connectivity index (χ0n) is 18.9. The van der Waals surface area contributed by atoms with Gasteiger partial charge in [-0.2, -0.15) is 13.2 Å². The smallest absolute Gasteiger partial charge is 0.416 e. The highest BCUT2D eigenvalue weighted by Crippen LogP contribution is 2.44. The Morgan fingerprint density at radius 3 is 2.33 bits per heavy atom. The number of esters is 1. The second kappa shape index (κ2) is 10.0. The molecule has 0 N–H and O–H groups in total. The molecule has 1 heterocycles. The Kier molecular flexibility index (Phi) is 7.05. The summed E-state index contributed by atoms with van der Waals surface area (Å²) in [5.41, 5.74) is 0.149. The number of allylic oxidation sites excluding steroid dienone is 2. The number of pyridine rings is 1. The summed E-state index contributed by atoms with van der Waals surface area (Å²) in [7, 11) is 1.20. The van der Waals surface area contributed by atoms with Gasteiger partial charge in [-0.25, -0.2) is 22.9 Å². The Morgan fingerprint density at radius 2 is 1.67 bits per heavy atom. The Hall–Kier alpha value is -3.82. The van der Waals surface area contributed by atoms with Gasteiger partial charge < -0.3 is 9.47 Å². The summed E-state index contributed by atoms with van der Waals surface area (Å²) in [5, 5.41) is 0. The lowest BCUT2D eigenvalue weighted by Crippen LogP contribution is -2.08. The number of benzene rings is 2. The summed E-state index contributed by atoms with van der Waals surface area (Å²) < 4.78 is 92.2. The summed E-state index contributed by atoms with van der Waals surface area (Å²) in [6, 6.07) is 8.46. The van der Waals surface area contributed by atoms with Crippen LogP contribution < -0.4 is 4.74 Å². The van der Waals surface area contributed by atoms with Gasteiger partial charge in [-0.05, 0) is 60.7 Å². The minimum absolute atomic E-state index is 0.0374. The Balaban J connectivity index is 1.79. The van der Waals surface area contributed by atoms with Gasteiger partial charge in [-0.3, -0.25) is 0 Å². The topological polar surface area (TPSA) is 48.4 Å². The molecule has 0 radical (unpaired) electrons. The quantitative estimate of drug-likeness (QED) is 0.267. The van der Waals surface area contributed by atoms with Crippen molar-refractivity contribution in [1.29, 1.82) is 0 Å². The highest BCUT2D eigenvalue weighted by Gasteiger charge is 2.32. The van der Waals surface area contributed by atoms with Crippen molar-refractivity contribution in [3.63, 3.8) is 0 Å². The van der Waals surface area contributed by atoms with E-state index in [2.05, 4.69) is 4.98 Å². The van der Waals surface area contributed by atoms with Crippen LogP contribution in [0.15, 0.2) is 48.5 Å². The van der Waals surface area contributed by atoms with Gasteiger partial charge in [-0.1, -0.05) is 6.07 Å². The molecule has 3 aromatic rings. The van der Waals surface area contributed by atoms with Crippen LogP contribution in [0.5, 0.6) is 5.75 Å². The van der Waals surface area contributed by atoms with Gasteiger partial charge in [0.05, 0.1) is 23.9 Å². The molecule has 4 nitrogen and oxygen atoms in total. The Bertz CT molecular complexity index is 1330. The highest BCUT2D eigenvalue weighted by molar-refractivity contribution is 5.94. The molecule has 0 amide bonds. The minimum Gasteiger partial charge on any atom is -0.488 e. The van der Waals surface area contributed by atoms with Crippen LogP contribution in [0, 0.1) is 17.5 Å². The largest absolute Gasteiger partial charge is 0.488 e. The van der Waals surface area contributed by atoms with Crippen molar-refractivity contribution < 1.29 is 40.6 Å². The molecule has 188 valence electrons. The van der Waals surface area contributed by atoms with Gasteiger partial charge in [0.15, 0.2) is 0 Å². The third-order valence-corrected chi connectivity index (χ3v) is 5.78. The van der Waals surface area contributed by atoms with Gasteiger partial charge in [-0.15, -0.1) is 0 Å². The van der Waals surface area contributed by atoms with Crippen molar-refractivity contribution >= 4 is 17.1 Å². The number of carbonyl (C=O) groups excluding carboxylic acids is 1. The van der Waals surface area contributed by atoms with Crippen LogP contribution in [0.4, 0.5) is 26.3 Å². The highest BCUT2D eigenvalue weighted by atomic mass is 19.4. The fourth-order valence-corrected chi connectivity index (χ4v) is 4.07. The second-order valence-corrected chi connectivity index (χ2v) is 8.06. The molecule has 0 aliphatic heterocycles. The molecule has 0 fully saturated rings. The van der Waals surface area contributed by atoms with E-state index in [4.69, 9.17) is 9.47 Å². The monoisotopic (exact) mass is 507 g/mol. The van der Waals surface area contributed by atoms with Crippen molar-refractivity contribution in [3.05, 3.63) is 94.1 Å². The predicted molar refractivity (Wildman–Crippen MR) is 118 cm³/mol. The van der Waals surface area contributed by atoms with E-state index in [1.807, 2.05) is 0 Å². The molecule has 2 aromatic carbocycles. The van der Waals surface area contributed by atoms with Crippen molar-refractivity contribution in [2.24, 2.45) is 0 Å². The lowest BCUT2D eigenvalue weighted by molar-refractivity contribution is -0.137. The average molecular weight is 507 g/mol. The van der Waals surface area contributed by atoms with E-state index in [1.165, 1.54) is 13.2 Å². The second-order valence-electron chi connectivity index (χ2n) is 8.06. The summed E-state index contributed by atoms with van der Waals surface area (Å²) >= 11 is 0. The fourth-order valence-electron chi connectivity index (χ4n) is 4.07. The van der Waals surface area contributed by atoms with Crippen LogP contribution >= 0.6 is 0 Å². The molecule has 1 aliphatic rings.